The molecule has 2 fully saturated rings. The van der Waals surface area contributed by atoms with Crippen LogP contribution in [0.5, 0.6) is 6.01 Å². The van der Waals surface area contributed by atoms with E-state index < -0.39 is 6.67 Å². The molecule has 0 spiro atoms. The Bertz CT molecular complexity index is 1620. The molecule has 2 aliphatic heterocycles. The van der Waals surface area contributed by atoms with Crippen LogP contribution in [0.3, 0.4) is 0 Å². The van der Waals surface area contributed by atoms with E-state index in [2.05, 4.69) is 31.6 Å². The number of nitrogens with zero attached hydrogens (tertiary/aromatic N) is 8. The van der Waals surface area contributed by atoms with Crippen LogP contribution in [0.15, 0.2) is 42.7 Å². The molecule has 12 heteroatoms. The maximum absolute atomic E-state index is 15.1. The normalized spacial score (nSPS) is 19.2. The predicted molar refractivity (Wildman–Crippen MR) is 169 cm³/mol. The second-order valence-corrected chi connectivity index (χ2v) is 12.1. The smallest absolute Gasteiger partial charge is 0.318 e. The van der Waals surface area contributed by atoms with Gasteiger partial charge in [0.2, 0.25) is 12.5 Å². The number of aromatic nitrogens is 3. The van der Waals surface area contributed by atoms with Crippen LogP contribution in [0.1, 0.15) is 31.0 Å². The Morgan fingerprint density at radius 3 is 2.84 bits per heavy atom. The van der Waals surface area contributed by atoms with E-state index >= 15 is 4.39 Å². The molecule has 3 aromatic rings. The predicted octanol–water partition coefficient (Wildman–Crippen LogP) is 4.05. The second-order valence-electron chi connectivity index (χ2n) is 12.1. The van der Waals surface area contributed by atoms with Crippen molar-refractivity contribution in [2.45, 2.75) is 50.9 Å². The highest BCUT2D eigenvalue weighted by atomic mass is 19.1. The lowest BCUT2D eigenvalue weighted by Gasteiger charge is -2.41. The molecule has 0 radical (unpaired) electrons. The Labute approximate surface area is 262 Å². The summed E-state index contributed by atoms with van der Waals surface area (Å²) >= 11 is 0. The molecule has 10 nitrogen and oxygen atoms in total. The first-order chi connectivity index (χ1) is 21.9. The van der Waals surface area contributed by atoms with E-state index in [0.29, 0.717) is 56.3 Å². The number of allylic oxidation sites excluding steroid dienone is 1. The highest BCUT2D eigenvalue weighted by molar-refractivity contribution is 5.94. The molecule has 6 rings (SSSR count). The van der Waals surface area contributed by atoms with E-state index in [1.165, 1.54) is 31.1 Å². The standard InChI is InChI=1S/C33H38F2N8O2/c1-22(19-40(3)24-9-10-24)45-33-38-28-21-41(29-18-37-16-23-6-4-7-27(35)31(23)29)13-11-26(28)32(39-33)42-14-15-43(25(20-42)17-36-2)30(44)8-5-12-34/h4-8,16,18,22,24-25H,9-15,17,19-21H2,1,3H3/b8-5+/t22-,25-/m0/s1. The summed E-state index contributed by atoms with van der Waals surface area (Å²) in [6.45, 7) is 12.0. The minimum absolute atomic E-state index is 0.125. The number of hydrogen-bond donors (Lipinski definition) is 0. The first-order valence-electron chi connectivity index (χ1n) is 15.5. The Balaban J connectivity index is 1.32. The van der Waals surface area contributed by atoms with Gasteiger partial charge in [-0.2, -0.15) is 9.97 Å². The molecule has 3 aliphatic rings. The number of halogens is 2. The summed E-state index contributed by atoms with van der Waals surface area (Å²) in [7, 11) is 2.10. The molecule has 236 valence electrons. The lowest BCUT2D eigenvalue weighted by atomic mass is 10.0. The summed E-state index contributed by atoms with van der Waals surface area (Å²) in [4.78, 5) is 38.7. The number of piperazine rings is 1. The summed E-state index contributed by atoms with van der Waals surface area (Å²) in [5.41, 5.74) is 2.49. The minimum Gasteiger partial charge on any atom is -0.459 e. The van der Waals surface area contributed by atoms with Gasteiger partial charge in [-0.25, -0.2) is 15.4 Å². The van der Waals surface area contributed by atoms with Crippen molar-refractivity contribution >= 4 is 28.2 Å². The molecule has 0 unspecified atom stereocenters. The zero-order valence-corrected chi connectivity index (χ0v) is 25.7. The van der Waals surface area contributed by atoms with Crippen LogP contribution in [0, 0.1) is 12.4 Å². The maximum Gasteiger partial charge on any atom is 0.318 e. The van der Waals surface area contributed by atoms with Gasteiger partial charge in [-0.05, 0) is 45.4 Å². The van der Waals surface area contributed by atoms with Gasteiger partial charge in [-0.15, -0.1) is 0 Å². The molecule has 4 heterocycles. The third-order valence-corrected chi connectivity index (χ3v) is 8.81. The number of carbonyl (C=O) groups excluding carboxylic acids is 1. The largest absolute Gasteiger partial charge is 0.459 e. The zero-order chi connectivity index (χ0) is 31.5. The van der Waals surface area contributed by atoms with Crippen LogP contribution >= 0.6 is 0 Å². The number of amides is 1. The van der Waals surface area contributed by atoms with Gasteiger partial charge in [0.25, 0.3) is 0 Å². The van der Waals surface area contributed by atoms with E-state index in [1.807, 2.05) is 13.0 Å². The Hall–Kier alpha value is -4.37. The van der Waals surface area contributed by atoms with Crippen LogP contribution in [-0.2, 0) is 17.8 Å². The highest BCUT2D eigenvalue weighted by Crippen LogP contribution is 2.35. The van der Waals surface area contributed by atoms with Crippen molar-refractivity contribution in [2.24, 2.45) is 0 Å². The topological polar surface area (TPSA) is 82.3 Å². The number of anilines is 2. The maximum atomic E-state index is 15.1. The molecule has 45 heavy (non-hydrogen) atoms. The Morgan fingerprint density at radius 1 is 1.22 bits per heavy atom. The van der Waals surface area contributed by atoms with Crippen LogP contribution < -0.4 is 14.5 Å². The van der Waals surface area contributed by atoms with Crippen molar-refractivity contribution in [3.63, 3.8) is 0 Å². The van der Waals surface area contributed by atoms with Crippen LogP contribution in [0.2, 0.25) is 0 Å². The van der Waals surface area contributed by atoms with Crippen LogP contribution in [-0.4, -0.2) is 102 Å². The van der Waals surface area contributed by atoms with Gasteiger partial charge in [0.1, 0.15) is 30.5 Å². The van der Waals surface area contributed by atoms with E-state index in [9.17, 15) is 9.18 Å². The monoisotopic (exact) mass is 616 g/mol. The molecule has 1 amide bonds. The number of carbonyl (C=O) groups is 1. The van der Waals surface area contributed by atoms with E-state index in [-0.39, 0.29) is 36.4 Å². The van der Waals surface area contributed by atoms with Crippen molar-refractivity contribution in [3.8, 4) is 6.01 Å². The zero-order valence-electron chi connectivity index (χ0n) is 25.7. The molecule has 2 aromatic heterocycles. The number of benzene rings is 1. The number of rotatable bonds is 10. The van der Waals surface area contributed by atoms with Crippen molar-refractivity contribution in [3.05, 3.63) is 71.2 Å². The molecule has 0 bridgehead atoms. The molecule has 1 aromatic carbocycles. The fourth-order valence-corrected chi connectivity index (χ4v) is 6.45. The summed E-state index contributed by atoms with van der Waals surface area (Å²) in [6.07, 6.45) is 8.67. The number of ether oxygens (including phenoxy) is 1. The quantitative estimate of drug-likeness (QED) is 0.249. The number of fused-ring (bicyclic) bond motifs is 2. The third kappa shape index (κ3) is 6.68. The van der Waals surface area contributed by atoms with Gasteiger partial charge in [-0.3, -0.25) is 14.7 Å². The molecule has 2 atom stereocenters. The van der Waals surface area contributed by atoms with Crippen LogP contribution in [0.25, 0.3) is 15.6 Å². The average molecular weight is 617 g/mol. The number of likely N-dealkylation sites (N-methyl/N-ethyl adjacent to an activating group) is 1. The average Bonchev–Trinajstić information content (AvgIpc) is 3.89. The molecule has 0 N–H and O–H groups in total. The number of alkyl halides is 1. The Morgan fingerprint density at radius 2 is 2.07 bits per heavy atom. The van der Waals surface area contributed by atoms with Gasteiger partial charge in [0, 0.05) is 67.4 Å². The molecular weight excluding hydrogens is 578 g/mol. The minimum atomic E-state index is -0.720. The molecule has 1 saturated carbocycles. The van der Waals surface area contributed by atoms with Crippen molar-refractivity contribution in [1.29, 1.82) is 0 Å². The van der Waals surface area contributed by atoms with Gasteiger partial charge >= 0.3 is 6.01 Å². The first kappa shape index (κ1) is 30.6. The second kappa shape index (κ2) is 13.3. The Kier molecular flexibility index (Phi) is 9.07. The summed E-state index contributed by atoms with van der Waals surface area (Å²) in [6, 6.07) is 5.50. The molecular formula is C33H38F2N8O2. The first-order valence-corrected chi connectivity index (χ1v) is 15.5. The summed E-state index contributed by atoms with van der Waals surface area (Å²) in [5, 5.41) is 1.27. The van der Waals surface area contributed by atoms with Crippen LogP contribution in [0.4, 0.5) is 20.3 Å². The van der Waals surface area contributed by atoms with Gasteiger partial charge in [0.05, 0.1) is 24.1 Å². The fourth-order valence-electron chi connectivity index (χ4n) is 6.45. The van der Waals surface area contributed by atoms with Crippen molar-refractivity contribution in [1.82, 2.24) is 24.8 Å². The van der Waals surface area contributed by atoms with Gasteiger partial charge in [0.15, 0.2) is 0 Å². The lowest BCUT2D eigenvalue weighted by molar-refractivity contribution is -0.128. The van der Waals surface area contributed by atoms with E-state index in [4.69, 9.17) is 21.3 Å². The van der Waals surface area contributed by atoms with E-state index in [1.54, 1.807) is 23.4 Å². The summed E-state index contributed by atoms with van der Waals surface area (Å²) < 4.78 is 34.1. The number of hydrogen-bond acceptors (Lipinski definition) is 8. The fraction of sp³-hybridized carbons (Fsp3) is 0.485. The van der Waals surface area contributed by atoms with Crippen molar-refractivity contribution < 1.29 is 18.3 Å². The molecule has 1 saturated heterocycles. The van der Waals surface area contributed by atoms with Crippen molar-refractivity contribution in [2.75, 3.05) is 62.8 Å². The highest BCUT2D eigenvalue weighted by Gasteiger charge is 2.35. The van der Waals surface area contributed by atoms with Gasteiger partial charge < -0.3 is 24.3 Å². The SMILES string of the molecule is [C-]#[N+]C[C@H]1CN(c2nc(O[C@@H](C)CN(C)C3CC3)nc3c2CCN(c2cncc4cccc(F)c24)C3)CCN1C(=O)/C=C/CF. The van der Waals surface area contributed by atoms with E-state index in [0.717, 1.165) is 29.0 Å². The lowest BCUT2D eigenvalue weighted by Crippen LogP contribution is -2.56. The third-order valence-electron chi connectivity index (χ3n) is 8.81. The van der Waals surface area contributed by atoms with Gasteiger partial charge in [-0.1, -0.05) is 12.1 Å². The molecule has 1 aliphatic carbocycles. The summed E-state index contributed by atoms with van der Waals surface area (Å²) in [5.74, 6) is 0.146. The number of pyridine rings is 1.